The van der Waals surface area contributed by atoms with Gasteiger partial charge < -0.3 is 4.57 Å². The summed E-state index contributed by atoms with van der Waals surface area (Å²) in [5.74, 6) is 0. The van der Waals surface area contributed by atoms with E-state index in [-0.39, 0.29) is 6.04 Å². The molecule has 1 unspecified atom stereocenters. The van der Waals surface area contributed by atoms with Gasteiger partial charge in [0.1, 0.15) is 0 Å². The fourth-order valence-corrected chi connectivity index (χ4v) is 8.38. The highest BCUT2D eigenvalue weighted by molar-refractivity contribution is 7.89. The Morgan fingerprint density at radius 1 is 0.612 bits per heavy atom. The molecule has 1 aromatic heterocycles. The highest BCUT2D eigenvalue weighted by Crippen LogP contribution is 2.31. The number of nitrogens with one attached hydrogen (secondary N) is 1. The van der Waals surface area contributed by atoms with E-state index < -0.39 is 10.0 Å². The Morgan fingerprint density at radius 2 is 1.12 bits per heavy atom. The summed E-state index contributed by atoms with van der Waals surface area (Å²) in [6.07, 6.45) is 28.5. The number of aromatic nitrogens is 1. The van der Waals surface area contributed by atoms with Gasteiger partial charge in [0.05, 0.1) is 4.90 Å². The molecule has 0 bridgehead atoms. The predicted octanol–water partition coefficient (Wildman–Crippen LogP) is 12.6. The third-order valence-electron chi connectivity index (χ3n) is 10.1. The molecule has 0 aliphatic rings. The van der Waals surface area contributed by atoms with Crippen LogP contribution in [0.3, 0.4) is 0 Å². The number of rotatable bonds is 26. The van der Waals surface area contributed by atoms with Crippen LogP contribution in [0, 0.1) is 6.92 Å². The number of nitrogens with zero attached hydrogens (tertiary/aromatic N) is 1. The monoisotopic (exact) mass is 684 g/mol. The van der Waals surface area contributed by atoms with Gasteiger partial charge >= 0.3 is 0 Å². The Balaban J connectivity index is 1.23. The van der Waals surface area contributed by atoms with E-state index in [1.54, 1.807) is 12.1 Å². The molecule has 0 saturated carbocycles. The summed E-state index contributed by atoms with van der Waals surface area (Å²) in [5.41, 5.74) is 4.50. The molecule has 0 fully saturated rings. The molecule has 0 radical (unpaired) electrons. The average molecular weight is 685 g/mol. The minimum Gasteiger partial charge on any atom is -0.347 e. The molecule has 0 spiro atoms. The minimum atomic E-state index is -3.69. The first-order chi connectivity index (χ1) is 24.0. The van der Waals surface area contributed by atoms with Gasteiger partial charge in [-0.25, -0.2) is 13.1 Å². The van der Waals surface area contributed by atoms with Crippen LogP contribution in [0.1, 0.15) is 152 Å². The SMILES string of the molecule is CCCCCCCCCCCCCCCCCCCCn1cc(C(CCc2ccccc2)NS(=O)(=O)c2ccc(C)cc2)c2ccccc21. The number of unbranched alkanes of at least 4 members (excludes halogenated alkanes) is 17. The molecule has 0 aliphatic heterocycles. The number of aryl methyl sites for hydroxylation is 3. The molecule has 3 aromatic carbocycles. The second-order valence-corrected chi connectivity index (χ2v) is 16.0. The van der Waals surface area contributed by atoms with Gasteiger partial charge in [0.25, 0.3) is 0 Å². The molecule has 4 aromatic rings. The van der Waals surface area contributed by atoms with Crippen LogP contribution in [0.4, 0.5) is 0 Å². The van der Waals surface area contributed by atoms with Gasteiger partial charge in [-0.2, -0.15) is 0 Å². The van der Waals surface area contributed by atoms with Crippen LogP contribution in [-0.2, 0) is 23.0 Å². The van der Waals surface area contributed by atoms with Crippen LogP contribution >= 0.6 is 0 Å². The topological polar surface area (TPSA) is 51.1 Å². The zero-order valence-electron chi connectivity index (χ0n) is 30.7. The summed E-state index contributed by atoms with van der Waals surface area (Å²) in [4.78, 5) is 0.311. The van der Waals surface area contributed by atoms with Gasteiger partial charge in [-0.15, -0.1) is 0 Å². The van der Waals surface area contributed by atoms with Crippen LogP contribution in [0.15, 0.2) is 90.0 Å². The Labute approximate surface area is 299 Å². The molecule has 4 rings (SSSR count). The number of hydrogen-bond acceptors (Lipinski definition) is 2. The molecule has 4 nitrogen and oxygen atoms in total. The molecular formula is C44H64N2O2S. The van der Waals surface area contributed by atoms with Crippen molar-refractivity contribution in [3.63, 3.8) is 0 Å². The first-order valence-electron chi connectivity index (χ1n) is 19.7. The van der Waals surface area contributed by atoms with E-state index in [1.807, 2.05) is 37.3 Å². The van der Waals surface area contributed by atoms with E-state index in [0.29, 0.717) is 11.3 Å². The number of para-hydroxylation sites is 1. The number of fused-ring (bicyclic) bond motifs is 1. The Morgan fingerprint density at radius 3 is 1.69 bits per heavy atom. The Hall–Kier alpha value is -2.89. The smallest absolute Gasteiger partial charge is 0.241 e. The lowest BCUT2D eigenvalue weighted by Crippen LogP contribution is -2.29. The number of hydrogen-bond donors (Lipinski definition) is 1. The van der Waals surface area contributed by atoms with E-state index in [9.17, 15) is 8.42 Å². The van der Waals surface area contributed by atoms with Crippen LogP contribution < -0.4 is 4.72 Å². The van der Waals surface area contributed by atoms with Crippen molar-refractivity contribution < 1.29 is 8.42 Å². The number of sulfonamides is 1. The summed E-state index contributed by atoms with van der Waals surface area (Å²) in [6.45, 7) is 5.22. The largest absolute Gasteiger partial charge is 0.347 e. The summed E-state index contributed by atoms with van der Waals surface area (Å²) < 4.78 is 32.7. The fraction of sp³-hybridized carbons (Fsp3) is 0.545. The van der Waals surface area contributed by atoms with Crippen molar-refractivity contribution in [3.05, 3.63) is 102 Å². The third kappa shape index (κ3) is 13.7. The average Bonchev–Trinajstić information content (AvgIpc) is 3.48. The molecule has 268 valence electrons. The van der Waals surface area contributed by atoms with Gasteiger partial charge in [-0.05, 0) is 55.5 Å². The lowest BCUT2D eigenvalue weighted by atomic mass is 9.99. The molecule has 1 N–H and O–H groups in total. The second kappa shape index (κ2) is 22.0. The predicted molar refractivity (Wildman–Crippen MR) is 210 cm³/mol. The Bertz CT molecular complexity index is 1560. The van der Waals surface area contributed by atoms with Crippen LogP contribution in [0.5, 0.6) is 0 Å². The fourth-order valence-electron chi connectivity index (χ4n) is 7.13. The van der Waals surface area contributed by atoms with Crippen LogP contribution in [0.2, 0.25) is 0 Å². The second-order valence-electron chi connectivity index (χ2n) is 14.3. The van der Waals surface area contributed by atoms with E-state index in [1.165, 1.54) is 120 Å². The van der Waals surface area contributed by atoms with Gasteiger partial charge in [0.15, 0.2) is 0 Å². The van der Waals surface area contributed by atoms with Crippen molar-refractivity contribution in [1.29, 1.82) is 0 Å². The maximum Gasteiger partial charge on any atom is 0.241 e. The van der Waals surface area contributed by atoms with Crippen molar-refractivity contribution in [1.82, 2.24) is 9.29 Å². The van der Waals surface area contributed by atoms with E-state index >= 15 is 0 Å². The molecular weight excluding hydrogens is 621 g/mol. The first-order valence-corrected chi connectivity index (χ1v) is 21.2. The normalized spacial score (nSPS) is 12.5. The first kappa shape index (κ1) is 38.9. The third-order valence-corrected chi connectivity index (χ3v) is 11.6. The lowest BCUT2D eigenvalue weighted by molar-refractivity contribution is 0.519. The van der Waals surface area contributed by atoms with Gasteiger partial charge in [0, 0.05) is 29.7 Å². The van der Waals surface area contributed by atoms with E-state index in [0.717, 1.165) is 35.9 Å². The molecule has 49 heavy (non-hydrogen) atoms. The van der Waals surface area contributed by atoms with Crippen LogP contribution in [-0.4, -0.2) is 13.0 Å². The quantitative estimate of drug-likeness (QED) is 0.0669. The van der Waals surface area contributed by atoms with Gasteiger partial charge in [-0.3, -0.25) is 0 Å². The zero-order chi connectivity index (χ0) is 34.6. The van der Waals surface area contributed by atoms with Gasteiger partial charge in [0.2, 0.25) is 10.0 Å². The molecule has 0 saturated heterocycles. The van der Waals surface area contributed by atoms with Crippen molar-refractivity contribution in [3.8, 4) is 0 Å². The highest BCUT2D eigenvalue weighted by Gasteiger charge is 2.24. The van der Waals surface area contributed by atoms with Crippen molar-refractivity contribution in [2.24, 2.45) is 0 Å². The highest BCUT2D eigenvalue weighted by atomic mass is 32.2. The van der Waals surface area contributed by atoms with Gasteiger partial charge in [-0.1, -0.05) is 182 Å². The van der Waals surface area contributed by atoms with E-state index in [4.69, 9.17) is 0 Å². The molecule has 5 heteroatoms. The molecule has 0 aliphatic carbocycles. The Kier molecular flexibility index (Phi) is 17.5. The summed E-state index contributed by atoms with van der Waals surface area (Å²) >= 11 is 0. The summed E-state index contributed by atoms with van der Waals surface area (Å²) in [6, 6.07) is 25.6. The lowest BCUT2D eigenvalue weighted by Gasteiger charge is -2.19. The van der Waals surface area contributed by atoms with Crippen molar-refractivity contribution in [2.75, 3.05) is 0 Å². The molecule has 1 atom stereocenters. The van der Waals surface area contributed by atoms with Crippen molar-refractivity contribution >= 4 is 20.9 Å². The standard InChI is InChI=1S/C44H64N2O2S/c1-3-4-5-6-7-8-9-10-11-12-13-14-15-16-17-18-19-25-36-46-37-42(41-28-23-24-29-44(41)46)43(35-32-39-26-21-20-22-27-39)45-49(47,48)40-33-30-38(2)31-34-40/h20-24,26-31,33-34,37,43,45H,3-19,25,32,35-36H2,1-2H3. The number of benzene rings is 3. The zero-order valence-corrected chi connectivity index (χ0v) is 31.5. The maximum absolute atomic E-state index is 13.6. The van der Waals surface area contributed by atoms with Crippen LogP contribution in [0.25, 0.3) is 10.9 Å². The summed E-state index contributed by atoms with van der Waals surface area (Å²) in [7, 11) is -3.69. The van der Waals surface area contributed by atoms with Crippen molar-refractivity contribution in [2.45, 2.75) is 160 Å². The maximum atomic E-state index is 13.6. The molecule has 0 amide bonds. The van der Waals surface area contributed by atoms with E-state index in [2.05, 4.69) is 58.8 Å². The minimum absolute atomic E-state index is 0.311. The molecule has 1 heterocycles. The summed E-state index contributed by atoms with van der Waals surface area (Å²) in [5, 5.41) is 1.13.